The third-order valence-corrected chi connectivity index (χ3v) is 3.40. The van der Waals surface area contributed by atoms with Gasteiger partial charge < -0.3 is 10.0 Å². The molecule has 0 saturated carbocycles. The molecule has 0 amide bonds. The third kappa shape index (κ3) is 5.00. The van der Waals surface area contributed by atoms with E-state index in [0.29, 0.717) is 12.5 Å². The van der Waals surface area contributed by atoms with Gasteiger partial charge in [-0.1, -0.05) is 18.2 Å². The molecule has 6 heteroatoms. The van der Waals surface area contributed by atoms with Crippen molar-refractivity contribution in [2.75, 3.05) is 32.7 Å². The lowest BCUT2D eigenvalue weighted by molar-refractivity contribution is 0.0249. The molecule has 0 spiro atoms. The highest BCUT2D eigenvalue weighted by molar-refractivity contribution is 5.82. The zero-order valence-electron chi connectivity index (χ0n) is 12.8. The summed E-state index contributed by atoms with van der Waals surface area (Å²) in [6, 6.07) is 9.76. The van der Waals surface area contributed by atoms with Gasteiger partial charge in [0.15, 0.2) is 0 Å². The fourth-order valence-corrected chi connectivity index (χ4v) is 2.48. The topological polar surface area (TPSA) is 77.1 Å². The highest BCUT2D eigenvalue weighted by atomic mass is 16.3. The van der Waals surface area contributed by atoms with Crippen LogP contribution in [0, 0.1) is 0 Å². The van der Waals surface area contributed by atoms with Crippen molar-refractivity contribution in [3.8, 4) is 0 Å². The molecule has 6 nitrogen and oxygen atoms in total. The molecule has 4 N–H and O–H groups in total. The number of nitrogens with one attached hydrogen (secondary N) is 1. The Balaban J connectivity index is 1.95. The average Bonchev–Trinajstić information content (AvgIpc) is 2.45. The zero-order chi connectivity index (χ0) is 15.3. The summed E-state index contributed by atoms with van der Waals surface area (Å²) < 4.78 is 0. The van der Waals surface area contributed by atoms with Crippen LogP contribution in [-0.4, -0.2) is 59.2 Å². The van der Waals surface area contributed by atoms with Gasteiger partial charge in [-0.25, -0.2) is 10.8 Å². The first-order valence-corrected chi connectivity index (χ1v) is 7.28. The van der Waals surface area contributed by atoms with Crippen LogP contribution in [0.25, 0.3) is 0 Å². The van der Waals surface area contributed by atoms with Crippen LogP contribution in [0.2, 0.25) is 0 Å². The highest BCUT2D eigenvalue weighted by Gasteiger charge is 2.24. The number of benzene rings is 1. The quantitative estimate of drug-likeness (QED) is 0.328. The minimum atomic E-state index is -0.657. The van der Waals surface area contributed by atoms with E-state index in [0.717, 1.165) is 31.9 Å². The van der Waals surface area contributed by atoms with Crippen LogP contribution in [0.4, 0.5) is 5.69 Å². The van der Waals surface area contributed by atoms with Gasteiger partial charge in [0, 0.05) is 32.7 Å². The van der Waals surface area contributed by atoms with Gasteiger partial charge in [0.2, 0.25) is 5.96 Å². The van der Waals surface area contributed by atoms with E-state index in [-0.39, 0.29) is 0 Å². The van der Waals surface area contributed by atoms with Gasteiger partial charge in [0.1, 0.15) is 0 Å². The lowest BCUT2D eigenvalue weighted by Gasteiger charge is -2.38. The van der Waals surface area contributed by atoms with Gasteiger partial charge in [-0.05, 0) is 26.0 Å². The molecule has 0 radical (unpaired) electrons. The van der Waals surface area contributed by atoms with Crippen molar-refractivity contribution in [1.82, 2.24) is 15.2 Å². The van der Waals surface area contributed by atoms with Crippen molar-refractivity contribution in [1.29, 1.82) is 0 Å². The van der Waals surface area contributed by atoms with Crippen molar-refractivity contribution in [3.05, 3.63) is 30.3 Å². The first kappa shape index (κ1) is 15.8. The van der Waals surface area contributed by atoms with Crippen molar-refractivity contribution < 1.29 is 5.11 Å². The van der Waals surface area contributed by atoms with Crippen LogP contribution in [0.1, 0.15) is 13.8 Å². The lowest BCUT2D eigenvalue weighted by Crippen LogP contribution is -2.55. The van der Waals surface area contributed by atoms with E-state index < -0.39 is 5.60 Å². The highest BCUT2D eigenvalue weighted by Crippen LogP contribution is 2.12. The van der Waals surface area contributed by atoms with Crippen molar-refractivity contribution >= 4 is 11.6 Å². The molecule has 0 bridgehead atoms. The predicted octanol–water partition coefficient (Wildman–Crippen LogP) is 0.526. The second-order valence-corrected chi connectivity index (χ2v) is 5.99. The van der Waals surface area contributed by atoms with Gasteiger partial charge in [-0.15, -0.1) is 0 Å². The summed E-state index contributed by atoms with van der Waals surface area (Å²) in [7, 11) is 0. The van der Waals surface area contributed by atoms with E-state index in [1.54, 1.807) is 0 Å². The van der Waals surface area contributed by atoms with E-state index >= 15 is 0 Å². The normalized spacial score (nSPS) is 17.9. The number of guanidine groups is 1. The molecule has 116 valence electrons. The molecule has 0 aromatic heterocycles. The Kier molecular flexibility index (Phi) is 5.17. The number of hydrogen-bond donors (Lipinski definition) is 3. The molecule has 2 rings (SSSR count). The Hall–Kier alpha value is -1.63. The zero-order valence-corrected chi connectivity index (χ0v) is 12.8. The molecule has 1 fully saturated rings. The Labute approximate surface area is 126 Å². The molecular weight excluding hydrogens is 266 g/mol. The molecule has 0 unspecified atom stereocenters. The second-order valence-electron chi connectivity index (χ2n) is 5.99. The monoisotopic (exact) mass is 291 g/mol. The van der Waals surface area contributed by atoms with Gasteiger partial charge in [-0.3, -0.25) is 10.3 Å². The Morgan fingerprint density at radius 2 is 1.86 bits per heavy atom. The molecule has 1 heterocycles. The maximum Gasteiger partial charge on any atom is 0.213 e. The Bertz CT molecular complexity index is 461. The standard InChI is InChI=1S/C15H25N5O/c1-15(2,21)12-19-8-10-20(11-9-19)14(18-16)17-13-6-4-3-5-7-13/h3-7,21H,8-12,16H2,1-2H3,(H,17,18). The number of β-amino-alcohol motifs (C(OH)–C–C–N with tert-alkyl or cyclic N) is 1. The molecule has 1 saturated heterocycles. The molecule has 1 aliphatic heterocycles. The molecule has 1 aromatic rings. The molecule has 1 aromatic carbocycles. The van der Waals surface area contributed by atoms with E-state index in [1.165, 1.54) is 0 Å². The third-order valence-electron chi connectivity index (χ3n) is 3.40. The van der Waals surface area contributed by atoms with Crippen LogP contribution in [-0.2, 0) is 0 Å². The molecule has 0 atom stereocenters. The van der Waals surface area contributed by atoms with Crippen LogP contribution < -0.4 is 11.3 Å². The fourth-order valence-electron chi connectivity index (χ4n) is 2.48. The largest absolute Gasteiger partial charge is 0.389 e. The summed E-state index contributed by atoms with van der Waals surface area (Å²) in [5, 5.41) is 9.87. The summed E-state index contributed by atoms with van der Waals surface area (Å²) in [4.78, 5) is 8.93. The first-order valence-electron chi connectivity index (χ1n) is 7.28. The Morgan fingerprint density at radius 1 is 1.24 bits per heavy atom. The lowest BCUT2D eigenvalue weighted by atomic mass is 10.1. The maximum absolute atomic E-state index is 9.87. The summed E-state index contributed by atoms with van der Waals surface area (Å²) in [6.45, 7) is 7.81. The number of nitrogens with zero attached hydrogens (tertiary/aromatic N) is 3. The predicted molar refractivity (Wildman–Crippen MR) is 85.2 cm³/mol. The summed E-state index contributed by atoms with van der Waals surface area (Å²) in [5.41, 5.74) is 2.91. The molecule has 1 aliphatic rings. The van der Waals surface area contributed by atoms with Gasteiger partial charge >= 0.3 is 0 Å². The summed E-state index contributed by atoms with van der Waals surface area (Å²) in [5.74, 6) is 6.30. The van der Waals surface area contributed by atoms with Gasteiger partial charge in [0.05, 0.1) is 11.3 Å². The number of aliphatic imine (C=N–C) groups is 1. The van der Waals surface area contributed by atoms with Gasteiger partial charge in [-0.2, -0.15) is 0 Å². The van der Waals surface area contributed by atoms with Crippen LogP contribution in [0.5, 0.6) is 0 Å². The van der Waals surface area contributed by atoms with E-state index in [2.05, 4.69) is 20.2 Å². The van der Waals surface area contributed by atoms with Crippen LogP contribution >= 0.6 is 0 Å². The minimum absolute atomic E-state index is 0.657. The average molecular weight is 291 g/mol. The smallest absolute Gasteiger partial charge is 0.213 e. The number of rotatable bonds is 3. The van der Waals surface area contributed by atoms with Crippen molar-refractivity contribution in [3.63, 3.8) is 0 Å². The number of hydrogen-bond acceptors (Lipinski definition) is 4. The van der Waals surface area contributed by atoms with Crippen LogP contribution in [0.15, 0.2) is 35.3 Å². The fraction of sp³-hybridized carbons (Fsp3) is 0.533. The molecular formula is C15H25N5O. The summed E-state index contributed by atoms with van der Waals surface area (Å²) >= 11 is 0. The second kappa shape index (κ2) is 6.89. The number of hydrazine groups is 1. The minimum Gasteiger partial charge on any atom is -0.389 e. The number of aliphatic hydroxyl groups is 1. The van der Waals surface area contributed by atoms with Crippen molar-refractivity contribution in [2.24, 2.45) is 10.8 Å². The Morgan fingerprint density at radius 3 is 2.38 bits per heavy atom. The number of piperazine rings is 1. The van der Waals surface area contributed by atoms with Gasteiger partial charge in [0.25, 0.3) is 0 Å². The summed E-state index contributed by atoms with van der Waals surface area (Å²) in [6.07, 6.45) is 0. The van der Waals surface area contributed by atoms with E-state index in [1.807, 2.05) is 44.2 Å². The van der Waals surface area contributed by atoms with E-state index in [9.17, 15) is 5.11 Å². The van der Waals surface area contributed by atoms with Crippen molar-refractivity contribution in [2.45, 2.75) is 19.4 Å². The molecule has 21 heavy (non-hydrogen) atoms. The number of nitrogens with two attached hydrogens (primary N) is 1. The maximum atomic E-state index is 9.87. The van der Waals surface area contributed by atoms with E-state index in [4.69, 9.17) is 5.84 Å². The number of para-hydroxylation sites is 1. The molecule has 0 aliphatic carbocycles. The SMILES string of the molecule is CC(C)(O)CN1CCN(C(=Nc2ccccc2)NN)CC1. The first-order chi connectivity index (χ1) is 9.98. The van der Waals surface area contributed by atoms with Crippen LogP contribution in [0.3, 0.4) is 0 Å².